The van der Waals surface area contributed by atoms with Crippen LogP contribution in [0.5, 0.6) is 0 Å². The van der Waals surface area contributed by atoms with Crippen LogP contribution in [0.1, 0.15) is 18.9 Å². The van der Waals surface area contributed by atoms with E-state index in [-0.39, 0.29) is 16.9 Å². The third-order valence-corrected chi connectivity index (χ3v) is 4.48. The van der Waals surface area contributed by atoms with Crippen molar-refractivity contribution in [3.05, 3.63) is 29.8 Å². The first kappa shape index (κ1) is 13.5. The van der Waals surface area contributed by atoms with Crippen LogP contribution >= 0.6 is 0 Å². The smallest absolute Gasteiger partial charge is 0.296 e. The Bertz CT molecular complexity index is 500. The van der Waals surface area contributed by atoms with E-state index < -0.39 is 10.1 Å². The van der Waals surface area contributed by atoms with E-state index in [0.717, 1.165) is 5.56 Å². The van der Waals surface area contributed by atoms with E-state index in [1.54, 1.807) is 24.3 Å². The summed E-state index contributed by atoms with van der Waals surface area (Å²) in [6, 6.07) is 6.66. The monoisotopic (exact) mass is 270 g/mol. The second-order valence-corrected chi connectivity index (χ2v) is 6.76. The molecule has 0 spiro atoms. The van der Waals surface area contributed by atoms with Crippen molar-refractivity contribution in [1.29, 1.82) is 0 Å². The number of aryl methyl sites for hydroxylation is 1. The fourth-order valence-electron chi connectivity index (χ4n) is 1.77. The fourth-order valence-corrected chi connectivity index (χ4v) is 2.67. The summed E-state index contributed by atoms with van der Waals surface area (Å²) in [6.45, 7) is 5.55. The average Bonchev–Trinajstić information content (AvgIpc) is 2.27. The average molecular weight is 270 g/mol. The third kappa shape index (κ3) is 3.10. The Labute approximate surface area is 108 Å². The summed E-state index contributed by atoms with van der Waals surface area (Å²) in [7, 11) is -3.62. The first-order valence-electron chi connectivity index (χ1n) is 5.95. The molecule has 1 aromatic rings. The zero-order chi connectivity index (χ0) is 13.2. The van der Waals surface area contributed by atoms with E-state index in [4.69, 9.17) is 8.92 Å². The molecule has 0 amide bonds. The van der Waals surface area contributed by atoms with Crippen LogP contribution in [-0.4, -0.2) is 28.2 Å². The molecule has 0 bridgehead atoms. The Morgan fingerprint density at radius 2 is 1.89 bits per heavy atom. The summed E-state index contributed by atoms with van der Waals surface area (Å²) in [4.78, 5) is 0.211. The van der Waals surface area contributed by atoms with Gasteiger partial charge in [0, 0.05) is 5.41 Å². The van der Waals surface area contributed by atoms with Crippen LogP contribution in [0.4, 0.5) is 0 Å². The molecule has 0 saturated carbocycles. The molecule has 1 aliphatic heterocycles. The molecule has 1 saturated heterocycles. The van der Waals surface area contributed by atoms with Crippen molar-refractivity contribution >= 4 is 10.1 Å². The maximum absolute atomic E-state index is 11.9. The molecule has 0 aromatic heterocycles. The van der Waals surface area contributed by atoms with Crippen LogP contribution in [0.25, 0.3) is 0 Å². The summed E-state index contributed by atoms with van der Waals surface area (Å²) in [5, 5.41) is 0. The molecule has 4 nitrogen and oxygen atoms in total. The van der Waals surface area contributed by atoms with E-state index in [1.165, 1.54) is 0 Å². The molecule has 2 rings (SSSR count). The molecule has 0 unspecified atom stereocenters. The second-order valence-electron chi connectivity index (χ2n) is 5.14. The molecule has 1 heterocycles. The van der Waals surface area contributed by atoms with Gasteiger partial charge < -0.3 is 4.74 Å². The van der Waals surface area contributed by atoms with Crippen LogP contribution in [0.3, 0.4) is 0 Å². The van der Waals surface area contributed by atoms with E-state index in [2.05, 4.69) is 6.92 Å². The molecule has 1 aliphatic rings. The zero-order valence-corrected chi connectivity index (χ0v) is 11.5. The second kappa shape index (κ2) is 4.99. The summed E-state index contributed by atoms with van der Waals surface area (Å²) in [5.41, 5.74) is 1.09. The largest absolute Gasteiger partial charge is 0.380 e. The number of ether oxygens (including phenoxy) is 1. The van der Waals surface area contributed by atoms with Gasteiger partial charge in [-0.15, -0.1) is 0 Å². The van der Waals surface area contributed by atoms with Gasteiger partial charge in [-0.25, -0.2) is 0 Å². The van der Waals surface area contributed by atoms with Crippen molar-refractivity contribution in [1.82, 2.24) is 0 Å². The molecule has 0 N–H and O–H groups in total. The van der Waals surface area contributed by atoms with Crippen molar-refractivity contribution in [2.45, 2.75) is 25.2 Å². The van der Waals surface area contributed by atoms with Gasteiger partial charge in [-0.1, -0.05) is 24.6 Å². The van der Waals surface area contributed by atoms with E-state index >= 15 is 0 Å². The number of hydrogen-bond donors (Lipinski definition) is 0. The minimum absolute atomic E-state index is 0.0722. The predicted molar refractivity (Wildman–Crippen MR) is 67.9 cm³/mol. The fraction of sp³-hybridized carbons (Fsp3) is 0.538. The lowest BCUT2D eigenvalue weighted by atomic mass is 9.85. The quantitative estimate of drug-likeness (QED) is 0.769. The van der Waals surface area contributed by atoms with Gasteiger partial charge >= 0.3 is 0 Å². The Balaban J connectivity index is 1.93. The van der Waals surface area contributed by atoms with Gasteiger partial charge in [-0.2, -0.15) is 8.42 Å². The number of hydrogen-bond acceptors (Lipinski definition) is 4. The summed E-state index contributed by atoms with van der Waals surface area (Å²) < 4.78 is 33.9. The van der Waals surface area contributed by atoms with Gasteiger partial charge in [-0.3, -0.25) is 4.18 Å². The highest BCUT2D eigenvalue weighted by Gasteiger charge is 2.33. The Morgan fingerprint density at radius 1 is 1.28 bits per heavy atom. The standard InChI is InChI=1S/C13H18O4S/c1-11-3-5-12(6-4-11)18(14,15)17-8-7-13(2)9-16-10-13/h3-6H,7-10H2,1-2H3. The summed E-state index contributed by atoms with van der Waals surface area (Å²) >= 11 is 0. The molecule has 1 aromatic carbocycles. The first-order valence-corrected chi connectivity index (χ1v) is 7.36. The maximum atomic E-state index is 11.9. The van der Waals surface area contributed by atoms with Crippen molar-refractivity contribution in [2.75, 3.05) is 19.8 Å². The molecule has 0 atom stereocenters. The van der Waals surface area contributed by atoms with Gasteiger partial charge in [0.1, 0.15) is 0 Å². The third-order valence-electron chi connectivity index (χ3n) is 3.15. The van der Waals surface area contributed by atoms with Crippen LogP contribution in [0.15, 0.2) is 29.2 Å². The van der Waals surface area contributed by atoms with E-state index in [9.17, 15) is 8.42 Å². The predicted octanol–water partition coefficient (Wildman–Crippen LogP) is 2.13. The van der Waals surface area contributed by atoms with Crippen molar-refractivity contribution < 1.29 is 17.3 Å². The summed E-state index contributed by atoms with van der Waals surface area (Å²) in [6.07, 6.45) is 0.693. The summed E-state index contributed by atoms with van der Waals surface area (Å²) in [5.74, 6) is 0. The lowest BCUT2D eigenvalue weighted by Gasteiger charge is -2.37. The molecular formula is C13H18O4S. The maximum Gasteiger partial charge on any atom is 0.296 e. The normalized spacial score (nSPS) is 18.3. The SMILES string of the molecule is Cc1ccc(S(=O)(=O)OCCC2(C)COC2)cc1. The lowest BCUT2D eigenvalue weighted by molar-refractivity contribution is -0.109. The molecule has 5 heteroatoms. The highest BCUT2D eigenvalue weighted by molar-refractivity contribution is 7.86. The number of benzene rings is 1. The molecular weight excluding hydrogens is 252 g/mol. The van der Waals surface area contributed by atoms with Crippen LogP contribution in [0, 0.1) is 12.3 Å². The molecule has 0 aliphatic carbocycles. The first-order chi connectivity index (χ1) is 8.41. The van der Waals surface area contributed by atoms with Gasteiger partial charge in [0.05, 0.1) is 24.7 Å². The Morgan fingerprint density at radius 3 is 2.39 bits per heavy atom. The Kier molecular flexibility index (Phi) is 3.75. The topological polar surface area (TPSA) is 52.6 Å². The van der Waals surface area contributed by atoms with Gasteiger partial charge in [0.2, 0.25) is 0 Å². The van der Waals surface area contributed by atoms with Gasteiger partial charge in [0.15, 0.2) is 0 Å². The van der Waals surface area contributed by atoms with Crippen LogP contribution in [-0.2, 0) is 19.0 Å². The van der Waals surface area contributed by atoms with E-state index in [0.29, 0.717) is 19.6 Å². The minimum atomic E-state index is -3.62. The van der Waals surface area contributed by atoms with E-state index in [1.807, 2.05) is 6.92 Å². The molecule has 0 radical (unpaired) electrons. The highest BCUT2D eigenvalue weighted by Crippen LogP contribution is 2.30. The van der Waals surface area contributed by atoms with Crippen molar-refractivity contribution in [3.8, 4) is 0 Å². The number of rotatable bonds is 5. The molecule has 1 fully saturated rings. The van der Waals surface area contributed by atoms with Gasteiger partial charge in [0.25, 0.3) is 10.1 Å². The molecule has 100 valence electrons. The van der Waals surface area contributed by atoms with Crippen LogP contribution < -0.4 is 0 Å². The Hall–Kier alpha value is -0.910. The zero-order valence-electron chi connectivity index (χ0n) is 10.7. The van der Waals surface area contributed by atoms with Crippen molar-refractivity contribution in [2.24, 2.45) is 5.41 Å². The van der Waals surface area contributed by atoms with Crippen molar-refractivity contribution in [3.63, 3.8) is 0 Å². The van der Waals surface area contributed by atoms with Gasteiger partial charge in [-0.05, 0) is 25.5 Å². The minimum Gasteiger partial charge on any atom is -0.380 e. The van der Waals surface area contributed by atoms with Crippen LogP contribution in [0.2, 0.25) is 0 Å². The lowest BCUT2D eigenvalue weighted by Crippen LogP contribution is -2.40. The highest BCUT2D eigenvalue weighted by atomic mass is 32.2. The molecule has 18 heavy (non-hydrogen) atoms.